The van der Waals surface area contributed by atoms with E-state index in [0.717, 1.165) is 0 Å². The lowest BCUT2D eigenvalue weighted by Gasteiger charge is -2.15. The number of hydrogen-bond acceptors (Lipinski definition) is 4. The van der Waals surface area contributed by atoms with Crippen molar-refractivity contribution in [2.75, 3.05) is 6.61 Å². The lowest BCUT2D eigenvalue weighted by atomic mass is 10.2. The van der Waals surface area contributed by atoms with Crippen LogP contribution in [-0.2, 0) is 14.3 Å². The van der Waals surface area contributed by atoms with Gasteiger partial charge in [0.2, 0.25) is 5.91 Å². The van der Waals surface area contributed by atoms with Crippen LogP contribution in [0.1, 0.15) is 20.8 Å². The molecule has 5 nitrogen and oxygen atoms in total. The van der Waals surface area contributed by atoms with Crippen LogP contribution in [-0.4, -0.2) is 30.6 Å². The van der Waals surface area contributed by atoms with E-state index in [0.29, 0.717) is 6.61 Å². The van der Waals surface area contributed by atoms with Crippen LogP contribution in [0.3, 0.4) is 0 Å². The van der Waals surface area contributed by atoms with E-state index in [1.54, 1.807) is 20.8 Å². The SMILES string of the molecule is CCOC(=O)C(C)NC(C)C(N)=O. The second-order valence-corrected chi connectivity index (χ2v) is 2.76. The monoisotopic (exact) mass is 188 g/mol. The van der Waals surface area contributed by atoms with E-state index in [9.17, 15) is 9.59 Å². The molecule has 2 unspecified atom stereocenters. The van der Waals surface area contributed by atoms with Crippen LogP contribution in [0.2, 0.25) is 0 Å². The topological polar surface area (TPSA) is 81.4 Å². The molecule has 0 fully saturated rings. The molecule has 2 atom stereocenters. The summed E-state index contributed by atoms with van der Waals surface area (Å²) < 4.78 is 4.73. The lowest BCUT2D eigenvalue weighted by molar-refractivity contribution is -0.145. The van der Waals surface area contributed by atoms with Gasteiger partial charge >= 0.3 is 5.97 Å². The van der Waals surface area contributed by atoms with Crippen molar-refractivity contribution in [1.82, 2.24) is 5.32 Å². The van der Waals surface area contributed by atoms with Crippen molar-refractivity contribution in [3.05, 3.63) is 0 Å². The van der Waals surface area contributed by atoms with Crippen LogP contribution >= 0.6 is 0 Å². The van der Waals surface area contributed by atoms with E-state index in [-0.39, 0.29) is 5.97 Å². The van der Waals surface area contributed by atoms with E-state index < -0.39 is 18.0 Å². The third kappa shape index (κ3) is 4.47. The van der Waals surface area contributed by atoms with Crippen molar-refractivity contribution in [3.63, 3.8) is 0 Å². The highest BCUT2D eigenvalue weighted by atomic mass is 16.5. The van der Waals surface area contributed by atoms with E-state index >= 15 is 0 Å². The first-order chi connectivity index (χ1) is 5.99. The lowest BCUT2D eigenvalue weighted by Crippen LogP contribution is -2.47. The summed E-state index contributed by atoms with van der Waals surface area (Å²) in [4.78, 5) is 21.7. The fraction of sp³-hybridized carbons (Fsp3) is 0.750. The van der Waals surface area contributed by atoms with Crippen molar-refractivity contribution in [2.24, 2.45) is 5.73 Å². The van der Waals surface area contributed by atoms with Crippen molar-refractivity contribution in [1.29, 1.82) is 0 Å². The van der Waals surface area contributed by atoms with Gasteiger partial charge in [-0.05, 0) is 20.8 Å². The summed E-state index contributed by atoms with van der Waals surface area (Å²) in [6, 6.07) is -1.04. The largest absolute Gasteiger partial charge is 0.465 e. The van der Waals surface area contributed by atoms with Gasteiger partial charge in [-0.25, -0.2) is 0 Å². The molecule has 0 aliphatic heterocycles. The van der Waals surface area contributed by atoms with Crippen LogP contribution in [0.4, 0.5) is 0 Å². The molecule has 0 saturated heterocycles. The molecular weight excluding hydrogens is 172 g/mol. The molecule has 76 valence electrons. The van der Waals surface area contributed by atoms with Gasteiger partial charge in [-0.2, -0.15) is 0 Å². The fourth-order valence-corrected chi connectivity index (χ4v) is 0.792. The number of primary amides is 1. The summed E-state index contributed by atoms with van der Waals surface area (Å²) in [5, 5.41) is 2.71. The van der Waals surface area contributed by atoms with Gasteiger partial charge in [0.15, 0.2) is 0 Å². The zero-order valence-electron chi connectivity index (χ0n) is 8.16. The van der Waals surface area contributed by atoms with E-state index in [2.05, 4.69) is 5.32 Å². The zero-order valence-corrected chi connectivity index (χ0v) is 8.16. The van der Waals surface area contributed by atoms with Crippen molar-refractivity contribution in [2.45, 2.75) is 32.9 Å². The van der Waals surface area contributed by atoms with Gasteiger partial charge in [0.1, 0.15) is 6.04 Å². The first-order valence-corrected chi connectivity index (χ1v) is 4.21. The highest BCUT2D eigenvalue weighted by Crippen LogP contribution is 1.90. The summed E-state index contributed by atoms with van der Waals surface area (Å²) in [6.45, 7) is 5.27. The molecule has 5 heteroatoms. The van der Waals surface area contributed by atoms with Crippen LogP contribution in [0, 0.1) is 0 Å². The predicted octanol–water partition coefficient (Wildman–Crippen LogP) is -0.599. The Morgan fingerprint density at radius 3 is 2.31 bits per heavy atom. The van der Waals surface area contributed by atoms with Crippen molar-refractivity contribution >= 4 is 11.9 Å². The maximum atomic E-state index is 11.1. The van der Waals surface area contributed by atoms with Gasteiger partial charge in [0, 0.05) is 0 Å². The fourth-order valence-electron chi connectivity index (χ4n) is 0.792. The highest BCUT2D eigenvalue weighted by molar-refractivity contribution is 5.81. The van der Waals surface area contributed by atoms with Crippen LogP contribution in [0.25, 0.3) is 0 Å². The Bertz CT molecular complexity index is 194. The third-order valence-corrected chi connectivity index (χ3v) is 1.57. The Morgan fingerprint density at radius 1 is 1.38 bits per heavy atom. The number of nitrogens with two attached hydrogens (primary N) is 1. The molecule has 3 N–H and O–H groups in total. The average molecular weight is 188 g/mol. The van der Waals surface area contributed by atoms with Crippen molar-refractivity contribution in [3.8, 4) is 0 Å². The Balaban J connectivity index is 3.92. The summed E-state index contributed by atoms with van der Waals surface area (Å²) in [7, 11) is 0. The first-order valence-electron chi connectivity index (χ1n) is 4.21. The molecule has 13 heavy (non-hydrogen) atoms. The Morgan fingerprint density at radius 2 is 1.92 bits per heavy atom. The molecule has 0 spiro atoms. The molecule has 0 aromatic heterocycles. The summed E-state index contributed by atoms with van der Waals surface area (Å²) >= 11 is 0. The van der Waals surface area contributed by atoms with E-state index in [1.165, 1.54) is 0 Å². The number of amides is 1. The second kappa shape index (κ2) is 5.53. The standard InChI is InChI=1S/C8H16N2O3/c1-4-13-8(12)6(3)10-5(2)7(9)11/h5-6,10H,4H2,1-3H3,(H2,9,11). The third-order valence-electron chi connectivity index (χ3n) is 1.57. The molecule has 0 saturated carbocycles. The van der Waals surface area contributed by atoms with E-state index in [1.807, 2.05) is 0 Å². The average Bonchev–Trinajstić information content (AvgIpc) is 2.04. The number of carbonyl (C=O) groups excluding carboxylic acids is 2. The Labute approximate surface area is 77.6 Å². The summed E-state index contributed by atoms with van der Waals surface area (Å²) in [6.07, 6.45) is 0. The van der Waals surface area contributed by atoms with Gasteiger partial charge in [-0.15, -0.1) is 0 Å². The molecule has 0 aromatic carbocycles. The minimum absolute atomic E-state index is 0.329. The minimum Gasteiger partial charge on any atom is -0.465 e. The van der Waals surface area contributed by atoms with Gasteiger partial charge in [0.25, 0.3) is 0 Å². The smallest absolute Gasteiger partial charge is 0.322 e. The molecule has 0 bridgehead atoms. The van der Waals surface area contributed by atoms with Gasteiger partial charge in [-0.1, -0.05) is 0 Å². The van der Waals surface area contributed by atoms with Crippen molar-refractivity contribution < 1.29 is 14.3 Å². The van der Waals surface area contributed by atoms with Crippen LogP contribution < -0.4 is 11.1 Å². The molecule has 1 amide bonds. The summed E-state index contributed by atoms with van der Waals surface area (Å²) in [5.41, 5.74) is 5.00. The van der Waals surface area contributed by atoms with Crippen LogP contribution in [0.15, 0.2) is 0 Å². The predicted molar refractivity (Wildman–Crippen MR) is 47.9 cm³/mol. The highest BCUT2D eigenvalue weighted by Gasteiger charge is 2.18. The molecule has 0 aromatic rings. The summed E-state index contributed by atoms with van der Waals surface area (Å²) in [5.74, 6) is -0.869. The maximum Gasteiger partial charge on any atom is 0.322 e. The second-order valence-electron chi connectivity index (χ2n) is 2.76. The van der Waals surface area contributed by atoms with E-state index in [4.69, 9.17) is 10.5 Å². The molecule has 0 rings (SSSR count). The molecule has 0 aliphatic rings. The Kier molecular flexibility index (Phi) is 5.06. The zero-order chi connectivity index (χ0) is 10.4. The number of nitrogens with one attached hydrogen (secondary N) is 1. The molecule has 0 aliphatic carbocycles. The Hall–Kier alpha value is -1.10. The van der Waals surface area contributed by atoms with Crippen LogP contribution in [0.5, 0.6) is 0 Å². The minimum atomic E-state index is -0.528. The van der Waals surface area contributed by atoms with Gasteiger partial charge < -0.3 is 10.5 Å². The molecular formula is C8H16N2O3. The first kappa shape index (κ1) is 11.9. The van der Waals surface area contributed by atoms with Gasteiger partial charge in [0.05, 0.1) is 12.6 Å². The number of hydrogen-bond donors (Lipinski definition) is 2. The number of ether oxygens (including phenoxy) is 1. The number of rotatable bonds is 5. The molecule has 0 radical (unpaired) electrons. The normalized spacial score (nSPS) is 14.7. The number of carbonyl (C=O) groups is 2. The number of esters is 1. The maximum absolute atomic E-state index is 11.1. The van der Waals surface area contributed by atoms with Gasteiger partial charge in [-0.3, -0.25) is 14.9 Å². The quantitative estimate of drug-likeness (QED) is 0.564. The molecule has 0 heterocycles.